The van der Waals surface area contributed by atoms with Gasteiger partial charge in [-0.1, -0.05) is 13.8 Å². The molecule has 0 spiro atoms. The zero-order chi connectivity index (χ0) is 16.9. The van der Waals surface area contributed by atoms with Crippen LogP contribution in [0.2, 0.25) is 0 Å². The van der Waals surface area contributed by atoms with Crippen LogP contribution in [-0.4, -0.2) is 71.5 Å². The van der Waals surface area contributed by atoms with Gasteiger partial charge >= 0.3 is 0 Å². The van der Waals surface area contributed by atoms with Gasteiger partial charge in [0.1, 0.15) is 6.10 Å². The Morgan fingerprint density at radius 3 is 3.00 bits per heavy atom. The summed E-state index contributed by atoms with van der Waals surface area (Å²) >= 11 is 0. The number of ether oxygens (including phenoxy) is 2. The quantitative estimate of drug-likeness (QED) is 0.790. The number of rotatable bonds is 6. The molecule has 2 saturated heterocycles. The van der Waals surface area contributed by atoms with Crippen molar-refractivity contribution in [3.05, 3.63) is 11.6 Å². The number of H-pyrrole nitrogens is 1. The molecule has 0 aromatic carbocycles. The van der Waals surface area contributed by atoms with Crippen molar-refractivity contribution >= 4 is 5.91 Å². The van der Waals surface area contributed by atoms with E-state index in [1.54, 1.807) is 0 Å². The highest BCUT2D eigenvalue weighted by molar-refractivity contribution is 5.78. The maximum atomic E-state index is 12.1. The second-order valence-electron chi connectivity index (χ2n) is 6.77. The zero-order valence-electron chi connectivity index (χ0n) is 14.5. The third-order valence-corrected chi connectivity index (χ3v) is 4.41. The van der Waals surface area contributed by atoms with Gasteiger partial charge < -0.3 is 14.8 Å². The third kappa shape index (κ3) is 4.52. The largest absolute Gasteiger partial charge is 0.376 e. The topological polar surface area (TPSA) is 92.4 Å². The monoisotopic (exact) mass is 337 g/mol. The fourth-order valence-electron chi connectivity index (χ4n) is 2.99. The molecule has 24 heavy (non-hydrogen) atoms. The first kappa shape index (κ1) is 17.3. The molecule has 2 aliphatic rings. The number of amides is 1. The molecule has 0 bridgehead atoms. The average Bonchev–Trinajstić information content (AvgIpc) is 3.25. The van der Waals surface area contributed by atoms with E-state index in [0.717, 1.165) is 37.6 Å². The van der Waals surface area contributed by atoms with Crippen LogP contribution in [0.3, 0.4) is 0 Å². The van der Waals surface area contributed by atoms with E-state index in [-0.39, 0.29) is 24.0 Å². The Balaban J connectivity index is 1.46. The van der Waals surface area contributed by atoms with Gasteiger partial charge in [-0.05, 0) is 12.8 Å². The molecule has 0 saturated carbocycles. The van der Waals surface area contributed by atoms with Crippen molar-refractivity contribution in [2.45, 2.75) is 44.8 Å². The maximum absolute atomic E-state index is 12.1. The first-order valence-corrected chi connectivity index (χ1v) is 8.76. The normalized spacial score (nSPS) is 25.3. The Kier molecular flexibility index (Phi) is 5.80. The Morgan fingerprint density at radius 1 is 1.42 bits per heavy atom. The minimum atomic E-state index is -0.162. The molecule has 0 radical (unpaired) electrons. The second kappa shape index (κ2) is 8.04. The molecule has 2 fully saturated rings. The van der Waals surface area contributed by atoms with Crippen molar-refractivity contribution in [2.24, 2.45) is 0 Å². The van der Waals surface area contributed by atoms with Crippen LogP contribution >= 0.6 is 0 Å². The molecule has 0 aliphatic carbocycles. The number of morpholine rings is 1. The Hall–Kier alpha value is -1.51. The van der Waals surface area contributed by atoms with Crippen molar-refractivity contribution in [1.29, 1.82) is 0 Å². The van der Waals surface area contributed by atoms with E-state index in [1.807, 2.05) is 0 Å². The van der Waals surface area contributed by atoms with E-state index < -0.39 is 0 Å². The van der Waals surface area contributed by atoms with Gasteiger partial charge in [-0.25, -0.2) is 4.98 Å². The van der Waals surface area contributed by atoms with Gasteiger partial charge in [0.05, 0.1) is 19.3 Å². The fraction of sp³-hybridized carbons (Fsp3) is 0.812. The molecule has 2 N–H and O–H groups in total. The maximum Gasteiger partial charge on any atom is 0.234 e. The SMILES string of the molecule is CC(C)c1n[nH]c([C@@H]2CN(CC(=O)NC[C@@H]3CCCO3)CCO2)n1. The summed E-state index contributed by atoms with van der Waals surface area (Å²) in [7, 11) is 0. The molecular formula is C16H27N5O3. The lowest BCUT2D eigenvalue weighted by Crippen LogP contribution is -2.45. The summed E-state index contributed by atoms with van der Waals surface area (Å²) in [5.74, 6) is 1.84. The predicted molar refractivity (Wildman–Crippen MR) is 87.6 cm³/mol. The van der Waals surface area contributed by atoms with Crippen molar-refractivity contribution in [1.82, 2.24) is 25.4 Å². The van der Waals surface area contributed by atoms with Crippen LogP contribution in [0.5, 0.6) is 0 Å². The van der Waals surface area contributed by atoms with Gasteiger partial charge in [0, 0.05) is 32.2 Å². The van der Waals surface area contributed by atoms with Crippen molar-refractivity contribution in [3.63, 3.8) is 0 Å². The predicted octanol–water partition coefficient (Wildman–Crippen LogP) is 0.597. The highest BCUT2D eigenvalue weighted by Gasteiger charge is 2.26. The molecule has 3 heterocycles. The summed E-state index contributed by atoms with van der Waals surface area (Å²) in [6, 6.07) is 0. The minimum absolute atomic E-state index is 0.0339. The van der Waals surface area contributed by atoms with E-state index in [2.05, 4.69) is 39.2 Å². The summed E-state index contributed by atoms with van der Waals surface area (Å²) < 4.78 is 11.3. The van der Waals surface area contributed by atoms with E-state index in [1.165, 1.54) is 0 Å². The first-order valence-electron chi connectivity index (χ1n) is 8.76. The molecule has 1 aromatic heterocycles. The lowest BCUT2D eigenvalue weighted by molar-refractivity contribution is -0.125. The van der Waals surface area contributed by atoms with Crippen LogP contribution < -0.4 is 5.32 Å². The molecule has 134 valence electrons. The van der Waals surface area contributed by atoms with Crippen molar-refractivity contribution < 1.29 is 14.3 Å². The van der Waals surface area contributed by atoms with Crippen LogP contribution in [0.4, 0.5) is 0 Å². The summed E-state index contributed by atoms with van der Waals surface area (Å²) in [6.07, 6.45) is 2.13. The number of hydrogen-bond donors (Lipinski definition) is 2. The molecule has 1 amide bonds. The van der Waals surface area contributed by atoms with Crippen LogP contribution in [-0.2, 0) is 14.3 Å². The zero-order valence-corrected chi connectivity index (χ0v) is 14.5. The molecule has 1 aromatic rings. The third-order valence-electron chi connectivity index (χ3n) is 4.41. The Bertz CT molecular complexity index is 542. The molecular weight excluding hydrogens is 310 g/mol. The van der Waals surface area contributed by atoms with Crippen LogP contribution in [0.25, 0.3) is 0 Å². The molecule has 3 rings (SSSR count). The molecule has 2 aliphatic heterocycles. The van der Waals surface area contributed by atoms with Crippen LogP contribution in [0.1, 0.15) is 50.4 Å². The summed E-state index contributed by atoms with van der Waals surface area (Å²) in [6.45, 7) is 7.86. The highest BCUT2D eigenvalue weighted by atomic mass is 16.5. The van der Waals surface area contributed by atoms with Crippen LogP contribution in [0, 0.1) is 0 Å². The highest BCUT2D eigenvalue weighted by Crippen LogP contribution is 2.20. The lowest BCUT2D eigenvalue weighted by Gasteiger charge is -2.31. The number of nitrogens with one attached hydrogen (secondary N) is 2. The van der Waals surface area contributed by atoms with Crippen molar-refractivity contribution in [2.75, 3.05) is 39.4 Å². The molecule has 8 nitrogen and oxygen atoms in total. The van der Waals surface area contributed by atoms with E-state index >= 15 is 0 Å². The Labute approximate surface area is 142 Å². The van der Waals surface area contributed by atoms with Gasteiger partial charge in [-0.2, -0.15) is 5.10 Å². The van der Waals surface area contributed by atoms with Gasteiger partial charge in [0.2, 0.25) is 5.91 Å². The fourth-order valence-corrected chi connectivity index (χ4v) is 2.99. The summed E-state index contributed by atoms with van der Waals surface area (Å²) in [5.41, 5.74) is 0. The average molecular weight is 337 g/mol. The number of aromatic amines is 1. The molecule has 0 unspecified atom stereocenters. The van der Waals surface area contributed by atoms with E-state index in [0.29, 0.717) is 26.2 Å². The second-order valence-corrected chi connectivity index (χ2v) is 6.77. The molecule has 2 atom stereocenters. The van der Waals surface area contributed by atoms with Gasteiger partial charge in [0.15, 0.2) is 11.6 Å². The smallest absolute Gasteiger partial charge is 0.234 e. The standard InChI is InChI=1S/C16H27N5O3/c1-11(2)15-18-16(20-19-15)13-9-21(5-7-24-13)10-14(22)17-8-12-4-3-6-23-12/h11-13H,3-10H2,1-2H3,(H,17,22)(H,18,19,20)/t12-,13-/m0/s1. The summed E-state index contributed by atoms with van der Waals surface area (Å²) in [5, 5.41) is 10.1. The number of carbonyl (C=O) groups is 1. The number of aromatic nitrogens is 3. The van der Waals surface area contributed by atoms with Crippen molar-refractivity contribution in [3.8, 4) is 0 Å². The van der Waals surface area contributed by atoms with Gasteiger partial charge in [-0.15, -0.1) is 0 Å². The number of nitrogens with zero attached hydrogens (tertiary/aromatic N) is 3. The summed E-state index contributed by atoms with van der Waals surface area (Å²) in [4.78, 5) is 18.7. The number of carbonyl (C=O) groups excluding carboxylic acids is 1. The number of hydrogen-bond acceptors (Lipinski definition) is 6. The molecule has 8 heteroatoms. The van der Waals surface area contributed by atoms with Crippen LogP contribution in [0.15, 0.2) is 0 Å². The van der Waals surface area contributed by atoms with E-state index in [4.69, 9.17) is 9.47 Å². The first-order chi connectivity index (χ1) is 11.6. The van der Waals surface area contributed by atoms with E-state index in [9.17, 15) is 4.79 Å². The minimum Gasteiger partial charge on any atom is -0.376 e. The Morgan fingerprint density at radius 2 is 2.29 bits per heavy atom. The lowest BCUT2D eigenvalue weighted by atomic mass is 10.2. The van der Waals surface area contributed by atoms with Gasteiger partial charge in [-0.3, -0.25) is 14.8 Å². The van der Waals surface area contributed by atoms with Gasteiger partial charge in [0.25, 0.3) is 0 Å².